The van der Waals surface area contributed by atoms with Crippen LogP contribution < -0.4 is 4.74 Å². The lowest BCUT2D eigenvalue weighted by Gasteiger charge is -2.23. The highest BCUT2D eigenvalue weighted by Crippen LogP contribution is 2.26. The third-order valence-electron chi connectivity index (χ3n) is 2.94. The molecule has 0 aromatic heterocycles. The van der Waals surface area contributed by atoms with Gasteiger partial charge in [0, 0.05) is 25.2 Å². The van der Waals surface area contributed by atoms with Crippen LogP contribution in [-0.2, 0) is 4.74 Å². The van der Waals surface area contributed by atoms with Crippen LogP contribution in [0.3, 0.4) is 0 Å². The zero-order valence-corrected chi connectivity index (χ0v) is 11.4. The molecule has 102 valence electrons. The summed E-state index contributed by atoms with van der Waals surface area (Å²) in [6, 6.07) is 4.15. The standard InChI is InChI=1S/C14H21FO3/c1-10(16)12-6-5-11(15)9-13(12)18-8-7-14(2,3)17-4/h5-6,9-10,16H,7-8H2,1-4H3/t10-/m0/s1. The zero-order valence-electron chi connectivity index (χ0n) is 11.4. The van der Waals surface area contributed by atoms with E-state index in [9.17, 15) is 9.50 Å². The quantitative estimate of drug-likeness (QED) is 0.850. The van der Waals surface area contributed by atoms with Gasteiger partial charge in [-0.2, -0.15) is 0 Å². The van der Waals surface area contributed by atoms with Crippen LogP contribution in [-0.4, -0.2) is 24.4 Å². The van der Waals surface area contributed by atoms with E-state index in [0.29, 0.717) is 24.3 Å². The molecule has 0 heterocycles. The molecule has 3 nitrogen and oxygen atoms in total. The molecule has 0 amide bonds. The van der Waals surface area contributed by atoms with E-state index in [4.69, 9.17) is 9.47 Å². The van der Waals surface area contributed by atoms with E-state index in [1.807, 2.05) is 13.8 Å². The van der Waals surface area contributed by atoms with Gasteiger partial charge in [0.05, 0.1) is 18.3 Å². The maximum atomic E-state index is 13.2. The Labute approximate surface area is 108 Å². The zero-order chi connectivity index (χ0) is 13.8. The van der Waals surface area contributed by atoms with Gasteiger partial charge >= 0.3 is 0 Å². The maximum absolute atomic E-state index is 13.2. The molecule has 4 heteroatoms. The lowest BCUT2D eigenvalue weighted by Crippen LogP contribution is -2.25. The molecule has 0 radical (unpaired) electrons. The molecule has 0 saturated heterocycles. The van der Waals surface area contributed by atoms with Crippen LogP contribution in [0.4, 0.5) is 4.39 Å². The van der Waals surface area contributed by atoms with Crippen molar-refractivity contribution < 1.29 is 19.0 Å². The Bertz CT molecular complexity index is 389. The summed E-state index contributed by atoms with van der Waals surface area (Å²) in [5.41, 5.74) is 0.310. The molecule has 0 saturated carbocycles. The first kappa shape index (κ1) is 14.9. The molecule has 1 aromatic carbocycles. The Balaban J connectivity index is 2.69. The van der Waals surface area contributed by atoms with Crippen LogP contribution in [0.15, 0.2) is 18.2 Å². The van der Waals surface area contributed by atoms with Crippen molar-refractivity contribution in [3.05, 3.63) is 29.6 Å². The summed E-state index contributed by atoms with van der Waals surface area (Å²) >= 11 is 0. The van der Waals surface area contributed by atoms with Crippen molar-refractivity contribution >= 4 is 0 Å². The van der Waals surface area contributed by atoms with E-state index in [2.05, 4.69) is 0 Å². The number of aliphatic hydroxyl groups excluding tert-OH is 1. The number of benzene rings is 1. The number of rotatable bonds is 6. The molecule has 0 aliphatic carbocycles. The first-order valence-electron chi connectivity index (χ1n) is 6.01. The van der Waals surface area contributed by atoms with Crippen molar-refractivity contribution in [1.29, 1.82) is 0 Å². The maximum Gasteiger partial charge on any atom is 0.127 e. The van der Waals surface area contributed by atoms with Crippen LogP contribution in [0.2, 0.25) is 0 Å². The smallest absolute Gasteiger partial charge is 0.127 e. The summed E-state index contributed by atoms with van der Waals surface area (Å²) in [5.74, 6) is 0.0114. The van der Waals surface area contributed by atoms with Crippen molar-refractivity contribution in [1.82, 2.24) is 0 Å². The van der Waals surface area contributed by atoms with Gasteiger partial charge in [-0.25, -0.2) is 4.39 Å². The largest absolute Gasteiger partial charge is 0.493 e. The van der Waals surface area contributed by atoms with Gasteiger partial charge in [0.25, 0.3) is 0 Å². The highest BCUT2D eigenvalue weighted by molar-refractivity contribution is 5.35. The van der Waals surface area contributed by atoms with Crippen molar-refractivity contribution in [3.8, 4) is 5.75 Å². The van der Waals surface area contributed by atoms with Crippen LogP contribution in [0.5, 0.6) is 5.75 Å². The molecule has 1 aromatic rings. The fraction of sp³-hybridized carbons (Fsp3) is 0.571. The van der Waals surface area contributed by atoms with Gasteiger partial charge in [0.2, 0.25) is 0 Å². The summed E-state index contributed by atoms with van der Waals surface area (Å²) in [4.78, 5) is 0. The second-order valence-corrected chi connectivity index (χ2v) is 4.92. The molecule has 0 spiro atoms. The summed E-state index contributed by atoms with van der Waals surface area (Å²) in [5, 5.41) is 9.57. The van der Waals surface area contributed by atoms with Crippen molar-refractivity contribution in [2.75, 3.05) is 13.7 Å². The third kappa shape index (κ3) is 4.27. The Kier molecular flexibility index (Phi) is 5.11. The minimum Gasteiger partial charge on any atom is -0.493 e. The first-order valence-corrected chi connectivity index (χ1v) is 6.01. The number of hydrogen-bond acceptors (Lipinski definition) is 3. The number of aliphatic hydroxyl groups is 1. The minimum atomic E-state index is -0.684. The monoisotopic (exact) mass is 256 g/mol. The van der Waals surface area contributed by atoms with Gasteiger partial charge in [-0.3, -0.25) is 0 Å². The Morgan fingerprint density at radius 1 is 1.39 bits per heavy atom. The van der Waals surface area contributed by atoms with Gasteiger partial charge in [0.1, 0.15) is 11.6 Å². The summed E-state index contributed by atoms with van der Waals surface area (Å²) in [7, 11) is 1.64. The third-order valence-corrected chi connectivity index (χ3v) is 2.94. The van der Waals surface area contributed by atoms with E-state index in [1.54, 1.807) is 14.0 Å². The number of methoxy groups -OCH3 is 1. The Morgan fingerprint density at radius 3 is 2.61 bits per heavy atom. The van der Waals surface area contributed by atoms with Crippen LogP contribution >= 0.6 is 0 Å². The molecule has 1 rings (SSSR count). The van der Waals surface area contributed by atoms with Crippen molar-refractivity contribution in [3.63, 3.8) is 0 Å². The predicted octanol–water partition coefficient (Wildman–Crippen LogP) is 3.07. The second-order valence-electron chi connectivity index (χ2n) is 4.92. The van der Waals surface area contributed by atoms with E-state index in [0.717, 1.165) is 0 Å². The molecule has 1 atom stereocenters. The molecule has 0 unspecified atom stereocenters. The summed E-state index contributed by atoms with van der Waals surface area (Å²) in [6.45, 7) is 5.94. The fourth-order valence-corrected chi connectivity index (χ4v) is 1.49. The van der Waals surface area contributed by atoms with Crippen molar-refractivity contribution in [2.45, 2.75) is 38.9 Å². The summed E-state index contributed by atoms with van der Waals surface area (Å²) < 4.78 is 24.0. The van der Waals surface area contributed by atoms with Gasteiger partial charge in [0.15, 0.2) is 0 Å². The first-order chi connectivity index (χ1) is 8.35. The van der Waals surface area contributed by atoms with Gasteiger partial charge in [-0.05, 0) is 32.9 Å². The van der Waals surface area contributed by atoms with E-state index < -0.39 is 6.10 Å². The van der Waals surface area contributed by atoms with Crippen LogP contribution in [0.1, 0.15) is 38.9 Å². The van der Waals surface area contributed by atoms with Gasteiger partial charge in [-0.1, -0.05) is 0 Å². The molecule has 0 bridgehead atoms. The topological polar surface area (TPSA) is 38.7 Å². The normalized spacial score (nSPS) is 13.4. The Morgan fingerprint density at radius 2 is 2.06 bits per heavy atom. The van der Waals surface area contributed by atoms with Gasteiger partial charge < -0.3 is 14.6 Å². The molecule has 0 aliphatic heterocycles. The van der Waals surface area contributed by atoms with Gasteiger partial charge in [-0.15, -0.1) is 0 Å². The van der Waals surface area contributed by atoms with E-state index >= 15 is 0 Å². The fourth-order valence-electron chi connectivity index (χ4n) is 1.49. The second kappa shape index (κ2) is 6.16. The molecule has 0 aliphatic rings. The highest BCUT2D eigenvalue weighted by atomic mass is 19.1. The summed E-state index contributed by atoms with van der Waals surface area (Å²) in [6.07, 6.45) is -0.00440. The predicted molar refractivity (Wildman–Crippen MR) is 68.2 cm³/mol. The van der Waals surface area contributed by atoms with Crippen molar-refractivity contribution in [2.24, 2.45) is 0 Å². The number of halogens is 1. The van der Waals surface area contributed by atoms with E-state index in [1.165, 1.54) is 18.2 Å². The minimum absolute atomic E-state index is 0.279. The van der Waals surface area contributed by atoms with Crippen LogP contribution in [0, 0.1) is 5.82 Å². The Hall–Kier alpha value is -1.13. The average molecular weight is 256 g/mol. The lowest BCUT2D eigenvalue weighted by molar-refractivity contribution is 0.00520. The highest BCUT2D eigenvalue weighted by Gasteiger charge is 2.17. The number of ether oxygens (including phenoxy) is 2. The number of hydrogen-bond donors (Lipinski definition) is 1. The SMILES string of the molecule is COC(C)(C)CCOc1cc(F)ccc1[C@H](C)O. The molecule has 1 N–H and O–H groups in total. The lowest BCUT2D eigenvalue weighted by atomic mass is 10.1. The van der Waals surface area contributed by atoms with Crippen LogP contribution in [0.25, 0.3) is 0 Å². The average Bonchev–Trinajstić information content (AvgIpc) is 2.28. The van der Waals surface area contributed by atoms with E-state index in [-0.39, 0.29) is 11.4 Å². The molecular formula is C14H21FO3. The molecule has 0 fully saturated rings. The molecular weight excluding hydrogens is 235 g/mol. The molecule has 18 heavy (non-hydrogen) atoms.